The Morgan fingerprint density at radius 1 is 0.971 bits per heavy atom. The highest BCUT2D eigenvalue weighted by molar-refractivity contribution is 7.80. The van der Waals surface area contributed by atoms with Gasteiger partial charge in [-0.25, -0.2) is 0 Å². The molecule has 3 aliphatic heterocycles. The highest BCUT2D eigenvalue weighted by Gasteiger charge is 2.25. The smallest absolute Gasteiger partial charge is 0.232 e. The molecule has 0 radical (unpaired) electrons. The second-order valence-corrected chi connectivity index (χ2v) is 10.1. The van der Waals surface area contributed by atoms with Crippen LogP contribution in [0.2, 0.25) is 0 Å². The summed E-state index contributed by atoms with van der Waals surface area (Å²) in [6.45, 7) is 10.5. The number of nitrogens with one attached hydrogen (secondary N) is 2. The summed E-state index contributed by atoms with van der Waals surface area (Å²) in [6.07, 6.45) is 3.67. The van der Waals surface area contributed by atoms with Crippen molar-refractivity contribution in [2.24, 2.45) is 11.8 Å². The van der Waals surface area contributed by atoms with E-state index in [-0.39, 0.29) is 0 Å². The minimum Gasteiger partial charge on any atom is -0.486 e. The monoisotopic (exact) mass is 482 g/mol. The number of hydrogen-bond acceptors (Lipinski definition) is 7. The molecule has 2 fully saturated rings. The van der Waals surface area contributed by atoms with E-state index in [9.17, 15) is 0 Å². The van der Waals surface area contributed by atoms with Crippen molar-refractivity contribution in [3.05, 3.63) is 29.8 Å². The van der Waals surface area contributed by atoms with Gasteiger partial charge in [-0.3, -0.25) is 0 Å². The summed E-state index contributed by atoms with van der Waals surface area (Å²) in [5.41, 5.74) is 1.07. The lowest BCUT2D eigenvalue weighted by Crippen LogP contribution is -2.39. The maximum atomic E-state index is 5.68. The number of rotatable bonds is 5. The Morgan fingerprint density at radius 3 is 2.38 bits per heavy atom. The Balaban J connectivity index is 1.29. The SMILES string of the molecule is C[C@@H]1C[C@@H](C)CN(c2cc(N3CCCC3)nc(NC(=S)NCc3ccc4c(c3)OCCO4)n2)C1. The van der Waals surface area contributed by atoms with Gasteiger partial charge in [0.1, 0.15) is 24.8 Å². The maximum Gasteiger partial charge on any atom is 0.232 e. The van der Waals surface area contributed by atoms with E-state index in [0.29, 0.717) is 42.7 Å². The zero-order chi connectivity index (χ0) is 23.5. The Labute approximate surface area is 207 Å². The second kappa shape index (κ2) is 10.2. The van der Waals surface area contributed by atoms with Crippen LogP contribution in [0, 0.1) is 11.8 Å². The molecule has 0 saturated carbocycles. The number of piperidine rings is 1. The van der Waals surface area contributed by atoms with Crippen molar-refractivity contribution in [2.75, 3.05) is 54.5 Å². The van der Waals surface area contributed by atoms with Crippen LogP contribution in [-0.2, 0) is 6.54 Å². The van der Waals surface area contributed by atoms with E-state index in [0.717, 1.165) is 54.9 Å². The number of anilines is 3. The zero-order valence-electron chi connectivity index (χ0n) is 20.0. The lowest BCUT2D eigenvalue weighted by atomic mass is 9.92. The molecule has 0 bridgehead atoms. The summed E-state index contributed by atoms with van der Waals surface area (Å²) in [5.74, 6) is 5.37. The molecule has 2 atom stereocenters. The predicted octanol–water partition coefficient (Wildman–Crippen LogP) is 3.82. The van der Waals surface area contributed by atoms with Crippen LogP contribution in [0.5, 0.6) is 11.5 Å². The molecular weight excluding hydrogens is 448 g/mol. The largest absolute Gasteiger partial charge is 0.486 e. The van der Waals surface area contributed by atoms with Crippen molar-refractivity contribution in [3.8, 4) is 11.5 Å². The molecule has 4 heterocycles. The van der Waals surface area contributed by atoms with Crippen molar-refractivity contribution in [1.82, 2.24) is 15.3 Å². The van der Waals surface area contributed by atoms with Crippen LogP contribution in [0.25, 0.3) is 0 Å². The molecule has 2 saturated heterocycles. The summed E-state index contributed by atoms with van der Waals surface area (Å²) < 4.78 is 11.3. The first-order chi connectivity index (χ1) is 16.5. The first-order valence-electron chi connectivity index (χ1n) is 12.4. The molecule has 1 aromatic heterocycles. The van der Waals surface area contributed by atoms with Crippen LogP contribution in [0.15, 0.2) is 24.3 Å². The number of ether oxygens (including phenoxy) is 2. The first-order valence-corrected chi connectivity index (χ1v) is 12.8. The highest BCUT2D eigenvalue weighted by Crippen LogP contribution is 2.31. The topological polar surface area (TPSA) is 74.8 Å². The fourth-order valence-corrected chi connectivity index (χ4v) is 5.29. The third kappa shape index (κ3) is 5.46. The highest BCUT2D eigenvalue weighted by atomic mass is 32.1. The molecule has 9 heteroatoms. The maximum absolute atomic E-state index is 5.68. The third-order valence-corrected chi connectivity index (χ3v) is 6.85. The molecule has 182 valence electrons. The van der Waals surface area contributed by atoms with Gasteiger partial charge in [0.2, 0.25) is 5.95 Å². The van der Waals surface area contributed by atoms with Gasteiger partial charge >= 0.3 is 0 Å². The average molecular weight is 483 g/mol. The molecule has 2 aromatic rings. The van der Waals surface area contributed by atoms with Gasteiger partial charge in [-0.2, -0.15) is 9.97 Å². The van der Waals surface area contributed by atoms with Crippen LogP contribution >= 0.6 is 12.2 Å². The number of aromatic nitrogens is 2. The molecule has 5 rings (SSSR count). The summed E-state index contributed by atoms with van der Waals surface area (Å²) >= 11 is 5.59. The molecule has 0 amide bonds. The Morgan fingerprint density at radius 2 is 1.65 bits per heavy atom. The van der Waals surface area contributed by atoms with E-state index >= 15 is 0 Å². The van der Waals surface area contributed by atoms with Crippen molar-refractivity contribution >= 4 is 34.9 Å². The van der Waals surface area contributed by atoms with Crippen LogP contribution in [0.3, 0.4) is 0 Å². The van der Waals surface area contributed by atoms with Gasteiger partial charge in [0.05, 0.1) is 0 Å². The van der Waals surface area contributed by atoms with E-state index in [4.69, 9.17) is 31.7 Å². The van der Waals surface area contributed by atoms with Crippen molar-refractivity contribution < 1.29 is 9.47 Å². The molecule has 0 unspecified atom stereocenters. The van der Waals surface area contributed by atoms with Gasteiger partial charge in [0.25, 0.3) is 0 Å². The summed E-state index contributed by atoms with van der Waals surface area (Å²) in [6, 6.07) is 8.10. The molecule has 0 spiro atoms. The van der Waals surface area contributed by atoms with Gasteiger partial charge in [-0.15, -0.1) is 0 Å². The van der Waals surface area contributed by atoms with E-state index in [1.807, 2.05) is 18.2 Å². The quantitative estimate of drug-likeness (QED) is 0.619. The van der Waals surface area contributed by atoms with Crippen LogP contribution in [0.4, 0.5) is 17.6 Å². The summed E-state index contributed by atoms with van der Waals surface area (Å²) in [7, 11) is 0. The number of fused-ring (bicyclic) bond motifs is 1. The average Bonchev–Trinajstić information content (AvgIpc) is 3.37. The lowest BCUT2D eigenvalue weighted by molar-refractivity contribution is 0.171. The number of nitrogens with zero attached hydrogens (tertiary/aromatic N) is 4. The van der Waals surface area contributed by atoms with Gasteiger partial charge in [-0.05, 0) is 61.0 Å². The van der Waals surface area contributed by atoms with Crippen LogP contribution < -0.4 is 29.9 Å². The van der Waals surface area contributed by atoms with Gasteiger partial charge in [-0.1, -0.05) is 19.9 Å². The zero-order valence-corrected chi connectivity index (χ0v) is 20.9. The first kappa shape index (κ1) is 23.0. The predicted molar refractivity (Wildman–Crippen MR) is 139 cm³/mol. The number of thiocarbonyl (C=S) groups is 1. The normalized spacial score (nSPS) is 21.9. The fraction of sp³-hybridized carbons (Fsp3) is 0.560. The molecule has 2 N–H and O–H groups in total. The van der Waals surface area contributed by atoms with E-state index in [2.05, 4.69) is 40.3 Å². The lowest BCUT2D eigenvalue weighted by Gasteiger charge is -2.36. The number of benzene rings is 1. The standard InChI is InChI=1S/C25H34N6O2S/c1-17-11-18(2)16-31(15-17)23-13-22(30-7-3-4-8-30)27-24(28-23)29-25(34)26-14-19-5-6-20-21(12-19)33-10-9-32-20/h5-6,12-13,17-18H,3-4,7-11,14-16H2,1-2H3,(H2,26,27,28,29,34)/t17-,18-/m1/s1. The van der Waals surface area contributed by atoms with Crippen LogP contribution in [0.1, 0.15) is 38.7 Å². The van der Waals surface area contributed by atoms with E-state index in [1.165, 1.54) is 19.3 Å². The van der Waals surface area contributed by atoms with E-state index in [1.54, 1.807) is 0 Å². The van der Waals surface area contributed by atoms with E-state index < -0.39 is 0 Å². The van der Waals surface area contributed by atoms with Crippen molar-refractivity contribution in [1.29, 1.82) is 0 Å². The molecule has 1 aromatic carbocycles. The molecule has 8 nitrogen and oxygen atoms in total. The summed E-state index contributed by atoms with van der Waals surface area (Å²) in [5, 5.41) is 7.00. The minimum absolute atomic E-state index is 0.500. The fourth-order valence-electron chi connectivity index (χ4n) is 5.12. The van der Waals surface area contributed by atoms with Gasteiger partial charge in [0.15, 0.2) is 16.6 Å². The van der Waals surface area contributed by atoms with Gasteiger partial charge < -0.3 is 29.9 Å². The number of hydrogen-bond donors (Lipinski definition) is 2. The van der Waals surface area contributed by atoms with Crippen LogP contribution in [-0.4, -0.2) is 54.5 Å². The minimum atomic E-state index is 0.500. The Hall–Kier alpha value is -2.81. The Kier molecular flexibility index (Phi) is 6.89. The molecule has 3 aliphatic rings. The Bertz CT molecular complexity index is 1020. The second-order valence-electron chi connectivity index (χ2n) is 9.74. The third-order valence-electron chi connectivity index (χ3n) is 6.61. The van der Waals surface area contributed by atoms with Gasteiger partial charge in [0, 0.05) is 38.8 Å². The van der Waals surface area contributed by atoms with Crippen molar-refractivity contribution in [2.45, 2.75) is 39.7 Å². The molecular formula is C25H34N6O2S. The molecule has 34 heavy (non-hydrogen) atoms. The molecule has 0 aliphatic carbocycles. The van der Waals surface area contributed by atoms with Crippen molar-refractivity contribution in [3.63, 3.8) is 0 Å². The summed E-state index contributed by atoms with van der Waals surface area (Å²) in [4.78, 5) is 14.4.